The molecule has 2 aliphatic heterocycles. The number of ether oxygens (including phenoxy) is 2. The Labute approximate surface area is 172 Å². The molecule has 1 aromatic rings. The van der Waals surface area contributed by atoms with Crippen LogP contribution in [0.4, 0.5) is 0 Å². The van der Waals surface area contributed by atoms with Crippen molar-refractivity contribution in [1.29, 1.82) is 0 Å². The molecule has 6 fully saturated rings. The average Bonchev–Trinajstić information content (AvgIpc) is 3.40. The average molecular weight is 401 g/mol. The fourth-order valence-electron chi connectivity index (χ4n) is 6.61. The van der Waals surface area contributed by atoms with Gasteiger partial charge in [0.2, 0.25) is 0 Å². The van der Waals surface area contributed by atoms with Gasteiger partial charge in [-0.25, -0.2) is 4.79 Å². The maximum Gasteiger partial charge on any atom is 0.344 e. The third-order valence-electron chi connectivity index (χ3n) is 8.69. The third-order valence-corrected chi connectivity index (χ3v) is 8.69. The van der Waals surface area contributed by atoms with E-state index >= 15 is 0 Å². The van der Waals surface area contributed by atoms with Gasteiger partial charge in [-0.2, -0.15) is 0 Å². The Morgan fingerprint density at radius 2 is 1.69 bits per heavy atom. The van der Waals surface area contributed by atoms with Crippen LogP contribution in [-0.4, -0.2) is 42.0 Å². The highest BCUT2D eigenvalue weighted by Crippen LogP contribution is 2.56. The van der Waals surface area contributed by atoms with E-state index in [4.69, 9.17) is 14.0 Å². The van der Waals surface area contributed by atoms with Crippen LogP contribution >= 0.6 is 0 Å². The maximum atomic E-state index is 13.4. The molecule has 4 bridgehead atoms. The molecule has 0 amide bonds. The van der Waals surface area contributed by atoms with E-state index in [0.717, 1.165) is 75.7 Å². The number of nitrogens with zero attached hydrogens (tertiary/aromatic N) is 1. The summed E-state index contributed by atoms with van der Waals surface area (Å²) in [4.78, 5) is 13.4. The van der Waals surface area contributed by atoms with Crippen molar-refractivity contribution >= 4 is 5.97 Å². The van der Waals surface area contributed by atoms with Crippen LogP contribution in [0.3, 0.4) is 0 Å². The third kappa shape index (κ3) is 2.97. The van der Waals surface area contributed by atoms with Gasteiger partial charge < -0.3 is 19.3 Å². The van der Waals surface area contributed by atoms with E-state index in [1.807, 2.05) is 7.11 Å². The summed E-state index contributed by atoms with van der Waals surface area (Å²) in [6, 6.07) is 1.02. The Bertz CT molecular complexity index is 777. The van der Waals surface area contributed by atoms with Gasteiger partial charge in [0.15, 0.2) is 5.76 Å². The Morgan fingerprint density at radius 1 is 1.03 bits per heavy atom. The van der Waals surface area contributed by atoms with Gasteiger partial charge in [0, 0.05) is 30.5 Å². The van der Waals surface area contributed by atoms with E-state index in [9.17, 15) is 4.79 Å². The van der Waals surface area contributed by atoms with Gasteiger partial charge in [-0.15, -0.1) is 0 Å². The lowest BCUT2D eigenvalue weighted by atomic mass is 9.57. The minimum Gasteiger partial charge on any atom is -0.459 e. The summed E-state index contributed by atoms with van der Waals surface area (Å²) in [5.74, 6) is 0.966. The molecule has 4 aliphatic carbocycles. The van der Waals surface area contributed by atoms with Crippen LogP contribution in [0.15, 0.2) is 4.52 Å². The number of fused-ring (bicyclic) bond motifs is 5. The maximum absolute atomic E-state index is 13.4. The summed E-state index contributed by atoms with van der Waals surface area (Å²) in [5, 5.41) is 8.17. The van der Waals surface area contributed by atoms with Crippen LogP contribution in [0.25, 0.3) is 0 Å². The van der Waals surface area contributed by atoms with Gasteiger partial charge in [-0.05, 0) is 77.0 Å². The molecule has 0 unspecified atom stereocenters. The largest absolute Gasteiger partial charge is 0.459 e. The van der Waals surface area contributed by atoms with E-state index in [1.165, 1.54) is 12.8 Å². The van der Waals surface area contributed by atoms with Crippen molar-refractivity contribution < 1.29 is 18.8 Å². The second kappa shape index (κ2) is 6.55. The molecular formula is C23H32N2O4. The molecule has 6 aliphatic rings. The van der Waals surface area contributed by atoms with Crippen LogP contribution in [-0.2, 0) is 14.9 Å². The first-order valence-corrected chi connectivity index (χ1v) is 11.6. The Morgan fingerprint density at radius 3 is 2.28 bits per heavy atom. The first kappa shape index (κ1) is 18.4. The van der Waals surface area contributed by atoms with Gasteiger partial charge in [-0.1, -0.05) is 5.16 Å². The molecule has 6 nitrogen and oxygen atoms in total. The number of carbonyl (C=O) groups is 1. The lowest BCUT2D eigenvalue weighted by molar-refractivity contribution is -0.0967. The molecular weight excluding hydrogens is 368 g/mol. The quantitative estimate of drug-likeness (QED) is 0.754. The zero-order valence-electron chi connectivity index (χ0n) is 17.4. The summed E-state index contributed by atoms with van der Waals surface area (Å²) in [5.41, 5.74) is 1.58. The van der Waals surface area contributed by atoms with Gasteiger partial charge in [0.25, 0.3) is 0 Å². The smallest absolute Gasteiger partial charge is 0.344 e. The number of carbonyl (C=O) groups excluding carboxylic acids is 1. The number of hydrogen-bond acceptors (Lipinski definition) is 6. The predicted molar refractivity (Wildman–Crippen MR) is 106 cm³/mol. The number of rotatable bonds is 5. The monoisotopic (exact) mass is 400 g/mol. The van der Waals surface area contributed by atoms with Crippen molar-refractivity contribution in [2.75, 3.05) is 7.11 Å². The Hall–Kier alpha value is -1.40. The summed E-state index contributed by atoms with van der Waals surface area (Å²) >= 11 is 0. The van der Waals surface area contributed by atoms with Gasteiger partial charge >= 0.3 is 5.97 Å². The second-order valence-electron chi connectivity index (χ2n) is 10.3. The van der Waals surface area contributed by atoms with Gasteiger partial charge in [-0.3, -0.25) is 0 Å². The number of hydrogen-bond donors (Lipinski definition) is 1. The number of methoxy groups -OCH3 is 1. The molecule has 4 saturated carbocycles. The second-order valence-corrected chi connectivity index (χ2v) is 10.3. The predicted octanol–water partition coefficient (Wildman–Crippen LogP) is 3.98. The molecule has 0 aromatic carbocycles. The molecule has 1 aromatic heterocycles. The van der Waals surface area contributed by atoms with Gasteiger partial charge in [0.1, 0.15) is 17.4 Å². The van der Waals surface area contributed by atoms with Crippen molar-refractivity contribution in [3.05, 3.63) is 17.0 Å². The van der Waals surface area contributed by atoms with Gasteiger partial charge in [0.05, 0.1) is 5.60 Å². The first-order valence-electron chi connectivity index (χ1n) is 11.6. The first-order chi connectivity index (χ1) is 14.1. The lowest BCUT2D eigenvalue weighted by Gasteiger charge is -2.52. The fourth-order valence-corrected chi connectivity index (χ4v) is 6.61. The van der Waals surface area contributed by atoms with Crippen molar-refractivity contribution in [3.8, 4) is 0 Å². The molecule has 0 radical (unpaired) electrons. The number of esters is 1. The summed E-state index contributed by atoms with van der Waals surface area (Å²) < 4.78 is 17.8. The molecule has 3 heterocycles. The fraction of sp³-hybridized carbons (Fsp3) is 0.826. The Balaban J connectivity index is 1.28. The van der Waals surface area contributed by atoms with E-state index in [1.54, 1.807) is 0 Å². The molecule has 2 saturated heterocycles. The van der Waals surface area contributed by atoms with Crippen LogP contribution < -0.4 is 5.32 Å². The SMILES string of the molecule is COC12CCC(c3noc(C4CC4)c3C(=O)O[C@@H]3C[C@H]4CC[C@@H](C3)N4)(CC1)CC2. The molecule has 158 valence electrons. The van der Waals surface area contributed by atoms with Crippen molar-refractivity contribution in [2.45, 2.75) is 112 Å². The van der Waals surface area contributed by atoms with E-state index in [-0.39, 0.29) is 23.1 Å². The van der Waals surface area contributed by atoms with Crippen LogP contribution in [0.5, 0.6) is 0 Å². The summed E-state index contributed by atoms with van der Waals surface area (Å²) in [7, 11) is 1.84. The molecule has 7 rings (SSSR count). The number of piperidine rings is 1. The topological polar surface area (TPSA) is 73.6 Å². The molecule has 0 spiro atoms. The van der Waals surface area contributed by atoms with Crippen LogP contribution in [0.1, 0.15) is 105 Å². The minimum atomic E-state index is -0.182. The number of aromatic nitrogens is 1. The molecule has 6 heteroatoms. The standard InChI is InChI=1S/C23H32N2O4/c1-27-23-9-6-22(7-10-23,8-11-23)20-18(19(29-25-20)14-2-3-14)21(26)28-17-12-15-4-5-16(13-17)24-15/h14-17,24H,2-13H2,1H3/t15-,16+,17-,22?,23?. The number of nitrogens with one attached hydrogen (secondary N) is 1. The zero-order valence-corrected chi connectivity index (χ0v) is 17.4. The minimum absolute atomic E-state index is 0.0207. The molecule has 3 atom stereocenters. The molecule has 1 N–H and O–H groups in total. The Kier molecular flexibility index (Phi) is 4.15. The van der Waals surface area contributed by atoms with Crippen molar-refractivity contribution in [1.82, 2.24) is 10.5 Å². The lowest BCUT2D eigenvalue weighted by Crippen LogP contribution is -2.50. The highest BCUT2D eigenvalue weighted by Gasteiger charge is 2.53. The van der Waals surface area contributed by atoms with Crippen molar-refractivity contribution in [3.63, 3.8) is 0 Å². The van der Waals surface area contributed by atoms with Crippen molar-refractivity contribution in [2.24, 2.45) is 0 Å². The highest BCUT2D eigenvalue weighted by atomic mass is 16.5. The summed E-state index contributed by atoms with van der Waals surface area (Å²) in [6.45, 7) is 0. The van der Waals surface area contributed by atoms with E-state index < -0.39 is 0 Å². The molecule has 29 heavy (non-hydrogen) atoms. The van der Waals surface area contributed by atoms with Crippen LogP contribution in [0, 0.1) is 0 Å². The van der Waals surface area contributed by atoms with E-state index in [0.29, 0.717) is 23.6 Å². The highest BCUT2D eigenvalue weighted by molar-refractivity contribution is 5.92. The van der Waals surface area contributed by atoms with E-state index in [2.05, 4.69) is 10.5 Å². The normalized spacial score (nSPS) is 40.9. The summed E-state index contributed by atoms with van der Waals surface area (Å²) in [6.07, 6.45) is 12.7. The van der Waals surface area contributed by atoms with Crippen LogP contribution in [0.2, 0.25) is 0 Å². The zero-order chi connectivity index (χ0) is 19.6.